The van der Waals surface area contributed by atoms with Crippen LogP contribution in [0.5, 0.6) is 0 Å². The second-order valence-corrected chi connectivity index (χ2v) is 15.9. The number of hydrogen-bond acceptors (Lipinski definition) is 5. The molecule has 0 aromatic carbocycles. The van der Waals surface area contributed by atoms with Crippen LogP contribution >= 0.6 is 0 Å². The van der Waals surface area contributed by atoms with Gasteiger partial charge in [-0.05, 0) is 70.6 Å². The largest absolute Gasteiger partial charge is 0.387 e. The SMILES string of the molecule is CCCCCCCCC/C=C\CCCCCCC(O)C(=O)NC(CS(=O)(=O)O)C(O)/C=C/CC/C=C/CC/C=C/CCCCCCCCCCC. The standard InChI is InChI=1S/C43H79NO6S/c1-3-5-7-9-11-13-15-17-19-20-21-22-24-25-27-29-31-33-35-37-41(45)40(39-51(48,49)50)44-43(47)42(46)38-36-34-32-30-28-26-23-18-16-14-12-10-8-6-4-2/h21-23,26-27,29,35,37,40-42,45-46H,3-20,24-25,28,30-34,36,38-39H2,1-2H3,(H,44,47)(H,48,49,50)/b22-21+,26-23-,29-27+,37-35+. The van der Waals surface area contributed by atoms with Gasteiger partial charge in [0.2, 0.25) is 5.91 Å². The molecule has 0 aliphatic heterocycles. The zero-order valence-electron chi connectivity index (χ0n) is 32.8. The molecule has 0 spiro atoms. The molecule has 298 valence electrons. The number of rotatable bonds is 37. The Morgan fingerprint density at radius 2 is 0.882 bits per heavy atom. The second kappa shape index (κ2) is 36.6. The maximum atomic E-state index is 12.6. The van der Waals surface area contributed by atoms with Crippen LogP contribution < -0.4 is 5.32 Å². The fourth-order valence-electron chi connectivity index (χ4n) is 6.07. The molecule has 7 nitrogen and oxygen atoms in total. The summed E-state index contributed by atoms with van der Waals surface area (Å²) >= 11 is 0. The minimum atomic E-state index is -4.46. The summed E-state index contributed by atoms with van der Waals surface area (Å²) in [6.07, 6.45) is 45.9. The van der Waals surface area contributed by atoms with E-state index >= 15 is 0 Å². The van der Waals surface area contributed by atoms with Gasteiger partial charge in [-0.25, -0.2) is 0 Å². The first-order chi connectivity index (χ1) is 24.7. The predicted octanol–water partition coefficient (Wildman–Crippen LogP) is 11.3. The molecule has 0 aromatic rings. The highest BCUT2D eigenvalue weighted by molar-refractivity contribution is 7.85. The second-order valence-electron chi connectivity index (χ2n) is 14.4. The molecule has 4 N–H and O–H groups in total. The van der Waals surface area contributed by atoms with Crippen molar-refractivity contribution in [2.45, 2.75) is 212 Å². The average Bonchev–Trinajstić information content (AvgIpc) is 3.09. The van der Waals surface area contributed by atoms with Crippen LogP contribution in [0.2, 0.25) is 0 Å². The van der Waals surface area contributed by atoms with Crippen LogP contribution in [-0.4, -0.2) is 53.1 Å². The quantitative estimate of drug-likeness (QED) is 0.0286. The van der Waals surface area contributed by atoms with Gasteiger partial charge in [0.15, 0.2) is 0 Å². The number of unbranched alkanes of at least 4 members (excludes halogenated alkanes) is 22. The molecule has 3 atom stereocenters. The summed E-state index contributed by atoms with van der Waals surface area (Å²) in [5.41, 5.74) is 0. The Bertz CT molecular complexity index is 1010. The van der Waals surface area contributed by atoms with E-state index in [1.54, 1.807) is 6.08 Å². The molecule has 0 aliphatic carbocycles. The van der Waals surface area contributed by atoms with Crippen molar-refractivity contribution in [2.75, 3.05) is 5.75 Å². The summed E-state index contributed by atoms with van der Waals surface area (Å²) in [7, 11) is -4.46. The summed E-state index contributed by atoms with van der Waals surface area (Å²) in [5, 5.41) is 23.3. The van der Waals surface area contributed by atoms with Gasteiger partial charge in [0.1, 0.15) is 6.10 Å². The number of allylic oxidation sites excluding steroid dienone is 7. The van der Waals surface area contributed by atoms with Gasteiger partial charge in [-0.15, -0.1) is 0 Å². The molecule has 0 heterocycles. The van der Waals surface area contributed by atoms with Crippen LogP contribution in [-0.2, 0) is 14.9 Å². The number of aliphatic hydroxyl groups excluding tert-OH is 2. The highest BCUT2D eigenvalue weighted by Crippen LogP contribution is 2.13. The summed E-state index contributed by atoms with van der Waals surface area (Å²) < 4.78 is 32.5. The molecular weight excluding hydrogens is 659 g/mol. The average molecular weight is 738 g/mol. The molecule has 0 saturated heterocycles. The van der Waals surface area contributed by atoms with Gasteiger partial charge >= 0.3 is 0 Å². The van der Waals surface area contributed by atoms with Crippen LogP contribution in [0.3, 0.4) is 0 Å². The van der Waals surface area contributed by atoms with Crippen molar-refractivity contribution in [3.05, 3.63) is 48.6 Å². The molecule has 0 bridgehead atoms. The normalized spacial score (nSPS) is 14.4. The van der Waals surface area contributed by atoms with E-state index in [0.717, 1.165) is 57.8 Å². The first kappa shape index (κ1) is 49.3. The number of carbonyl (C=O) groups is 1. The van der Waals surface area contributed by atoms with Gasteiger partial charge in [-0.1, -0.05) is 172 Å². The minimum Gasteiger partial charge on any atom is -0.387 e. The minimum absolute atomic E-state index is 0.256. The number of nitrogens with one attached hydrogen (secondary N) is 1. The fraction of sp³-hybridized carbons (Fsp3) is 0.791. The summed E-state index contributed by atoms with van der Waals surface area (Å²) in [6.45, 7) is 4.50. The predicted molar refractivity (Wildman–Crippen MR) is 218 cm³/mol. The fourth-order valence-corrected chi connectivity index (χ4v) is 6.80. The van der Waals surface area contributed by atoms with E-state index in [2.05, 4.69) is 55.6 Å². The van der Waals surface area contributed by atoms with E-state index < -0.39 is 40.0 Å². The number of hydrogen-bond donors (Lipinski definition) is 4. The number of aliphatic hydroxyl groups is 2. The molecule has 51 heavy (non-hydrogen) atoms. The van der Waals surface area contributed by atoms with Crippen molar-refractivity contribution in [1.29, 1.82) is 0 Å². The zero-order chi connectivity index (χ0) is 37.7. The Hall–Kier alpha value is -1.74. The topological polar surface area (TPSA) is 124 Å². The van der Waals surface area contributed by atoms with Crippen molar-refractivity contribution in [1.82, 2.24) is 5.32 Å². The molecule has 0 saturated carbocycles. The van der Waals surface area contributed by atoms with Crippen LogP contribution in [0.15, 0.2) is 48.6 Å². The molecular formula is C43H79NO6S. The number of carbonyl (C=O) groups excluding carboxylic acids is 1. The lowest BCUT2D eigenvalue weighted by atomic mass is 10.1. The zero-order valence-corrected chi connectivity index (χ0v) is 33.6. The Labute approximate surface area is 314 Å². The summed E-state index contributed by atoms with van der Waals surface area (Å²) in [5.74, 6) is -1.58. The van der Waals surface area contributed by atoms with Crippen molar-refractivity contribution >= 4 is 16.0 Å². The van der Waals surface area contributed by atoms with Gasteiger partial charge in [0, 0.05) is 0 Å². The maximum absolute atomic E-state index is 12.6. The molecule has 8 heteroatoms. The Morgan fingerprint density at radius 3 is 1.29 bits per heavy atom. The van der Waals surface area contributed by atoms with Gasteiger partial charge in [-0.3, -0.25) is 9.35 Å². The van der Waals surface area contributed by atoms with Crippen molar-refractivity contribution in [3.63, 3.8) is 0 Å². The molecule has 0 aromatic heterocycles. The van der Waals surface area contributed by atoms with E-state index in [0.29, 0.717) is 12.8 Å². The molecule has 0 fully saturated rings. The van der Waals surface area contributed by atoms with Gasteiger partial charge in [-0.2, -0.15) is 8.42 Å². The molecule has 0 radical (unpaired) electrons. The van der Waals surface area contributed by atoms with E-state index in [9.17, 15) is 28.0 Å². The smallest absolute Gasteiger partial charge is 0.267 e. The van der Waals surface area contributed by atoms with Crippen LogP contribution in [0.25, 0.3) is 0 Å². The lowest BCUT2D eigenvalue weighted by Gasteiger charge is -2.22. The lowest BCUT2D eigenvalue weighted by molar-refractivity contribution is -0.130. The highest BCUT2D eigenvalue weighted by atomic mass is 32.2. The number of amides is 1. The molecule has 0 rings (SSSR count). The van der Waals surface area contributed by atoms with Crippen LogP contribution in [0.1, 0.15) is 194 Å². The van der Waals surface area contributed by atoms with E-state index in [1.165, 1.54) is 109 Å². The Balaban J connectivity index is 4.14. The maximum Gasteiger partial charge on any atom is 0.267 e. The third-order valence-corrected chi connectivity index (χ3v) is 10.1. The van der Waals surface area contributed by atoms with Crippen molar-refractivity contribution in [2.24, 2.45) is 0 Å². The van der Waals surface area contributed by atoms with Crippen molar-refractivity contribution < 1.29 is 28.0 Å². The third-order valence-electron chi connectivity index (χ3n) is 9.31. The van der Waals surface area contributed by atoms with Gasteiger partial charge in [0.05, 0.1) is 17.9 Å². The van der Waals surface area contributed by atoms with Gasteiger partial charge in [0.25, 0.3) is 10.1 Å². The van der Waals surface area contributed by atoms with E-state index in [1.807, 2.05) is 0 Å². The molecule has 1 amide bonds. The molecule has 0 aliphatic rings. The van der Waals surface area contributed by atoms with Crippen molar-refractivity contribution in [3.8, 4) is 0 Å². The van der Waals surface area contributed by atoms with Crippen LogP contribution in [0.4, 0.5) is 0 Å². The monoisotopic (exact) mass is 738 g/mol. The lowest BCUT2D eigenvalue weighted by Crippen LogP contribution is -2.50. The Morgan fingerprint density at radius 1 is 0.529 bits per heavy atom. The molecule has 3 unspecified atom stereocenters. The Kier molecular flexibility index (Phi) is 35.4. The first-order valence-corrected chi connectivity index (χ1v) is 22.6. The third kappa shape index (κ3) is 36.4. The first-order valence-electron chi connectivity index (χ1n) is 20.9. The highest BCUT2D eigenvalue weighted by Gasteiger charge is 2.27. The van der Waals surface area contributed by atoms with Crippen LogP contribution in [0, 0.1) is 0 Å². The van der Waals surface area contributed by atoms with Gasteiger partial charge < -0.3 is 15.5 Å². The van der Waals surface area contributed by atoms with E-state index in [4.69, 9.17) is 0 Å². The summed E-state index contributed by atoms with van der Waals surface area (Å²) in [6, 6.07) is -1.26. The van der Waals surface area contributed by atoms with E-state index in [-0.39, 0.29) is 6.42 Å². The summed E-state index contributed by atoms with van der Waals surface area (Å²) in [4.78, 5) is 12.6.